The van der Waals surface area contributed by atoms with Gasteiger partial charge < -0.3 is 10.1 Å². The van der Waals surface area contributed by atoms with Crippen molar-refractivity contribution in [3.8, 4) is 0 Å². The van der Waals surface area contributed by atoms with Crippen LogP contribution in [-0.2, 0) is 13.1 Å². The van der Waals surface area contributed by atoms with E-state index in [1.165, 1.54) is 11.0 Å². The molecule has 0 amide bonds. The van der Waals surface area contributed by atoms with E-state index in [1.807, 2.05) is 6.92 Å². The molecule has 96 valence electrons. The topological polar surface area (TPSA) is 91.7 Å². The summed E-state index contributed by atoms with van der Waals surface area (Å²) in [4.78, 5) is 14.3. The molecule has 2 heterocycles. The van der Waals surface area contributed by atoms with Crippen LogP contribution in [0.3, 0.4) is 0 Å². The Morgan fingerprint density at radius 3 is 2.94 bits per heavy atom. The van der Waals surface area contributed by atoms with Gasteiger partial charge in [-0.25, -0.2) is 9.67 Å². The first kappa shape index (κ1) is 12.7. The van der Waals surface area contributed by atoms with Crippen molar-refractivity contribution in [3.05, 3.63) is 32.9 Å². The smallest absolute Gasteiger partial charge is 0.358 e. The highest BCUT2D eigenvalue weighted by atomic mass is 79.9. The SMILES string of the molecule is CCCn1ncnc1Cn1cc(Br)c([N+](=O)[O-])n1. The fraction of sp³-hybridized carbons (Fsp3) is 0.444. The monoisotopic (exact) mass is 314 g/mol. The van der Waals surface area contributed by atoms with Gasteiger partial charge in [0.05, 0.1) is 11.3 Å². The van der Waals surface area contributed by atoms with Gasteiger partial charge >= 0.3 is 5.82 Å². The summed E-state index contributed by atoms with van der Waals surface area (Å²) in [5.74, 6) is 0.526. The zero-order valence-corrected chi connectivity index (χ0v) is 11.2. The minimum atomic E-state index is -0.530. The van der Waals surface area contributed by atoms with E-state index >= 15 is 0 Å². The number of halogens is 1. The van der Waals surface area contributed by atoms with Gasteiger partial charge in [-0.2, -0.15) is 9.78 Å². The van der Waals surface area contributed by atoms with Crippen LogP contribution in [0.5, 0.6) is 0 Å². The van der Waals surface area contributed by atoms with Crippen LogP contribution in [0.1, 0.15) is 19.2 Å². The molecule has 2 aromatic rings. The molecule has 0 unspecified atom stereocenters. The van der Waals surface area contributed by atoms with Crippen molar-refractivity contribution in [3.63, 3.8) is 0 Å². The highest BCUT2D eigenvalue weighted by Gasteiger charge is 2.19. The first-order valence-corrected chi connectivity index (χ1v) is 6.15. The van der Waals surface area contributed by atoms with Crippen LogP contribution >= 0.6 is 15.9 Å². The van der Waals surface area contributed by atoms with Crippen molar-refractivity contribution in [1.82, 2.24) is 24.5 Å². The van der Waals surface area contributed by atoms with Gasteiger partial charge in [-0.1, -0.05) is 6.92 Å². The largest absolute Gasteiger partial charge is 0.404 e. The maximum Gasteiger partial charge on any atom is 0.404 e. The summed E-state index contributed by atoms with van der Waals surface area (Å²) in [6.45, 7) is 3.16. The quantitative estimate of drug-likeness (QED) is 0.617. The lowest BCUT2D eigenvalue weighted by molar-refractivity contribution is -0.390. The molecule has 9 heteroatoms. The van der Waals surface area contributed by atoms with Crippen molar-refractivity contribution in [1.29, 1.82) is 0 Å². The fourth-order valence-corrected chi connectivity index (χ4v) is 2.01. The number of nitrogens with zero attached hydrogens (tertiary/aromatic N) is 6. The summed E-state index contributed by atoms with van der Waals surface area (Å²) in [6, 6.07) is 0. The zero-order chi connectivity index (χ0) is 13.1. The lowest BCUT2D eigenvalue weighted by Crippen LogP contribution is -2.10. The normalized spacial score (nSPS) is 10.8. The third-order valence-corrected chi connectivity index (χ3v) is 2.87. The van der Waals surface area contributed by atoms with Gasteiger partial charge in [-0.15, -0.1) is 0 Å². The molecule has 8 nitrogen and oxygen atoms in total. The van der Waals surface area contributed by atoms with E-state index < -0.39 is 4.92 Å². The van der Waals surface area contributed by atoms with Crippen LogP contribution in [0.25, 0.3) is 0 Å². The molecule has 0 fully saturated rings. The predicted octanol–water partition coefficient (Wildman–Crippen LogP) is 1.60. The van der Waals surface area contributed by atoms with Gasteiger partial charge in [0.2, 0.25) is 0 Å². The van der Waals surface area contributed by atoms with Gasteiger partial charge in [0.1, 0.15) is 17.3 Å². The van der Waals surface area contributed by atoms with Gasteiger partial charge in [0.15, 0.2) is 5.82 Å². The summed E-state index contributed by atoms with van der Waals surface area (Å²) >= 11 is 3.10. The van der Waals surface area contributed by atoms with Crippen LogP contribution in [-0.4, -0.2) is 29.5 Å². The number of aromatic nitrogens is 5. The van der Waals surface area contributed by atoms with Crippen molar-refractivity contribution in [2.24, 2.45) is 0 Å². The molecule has 0 saturated heterocycles. The van der Waals surface area contributed by atoms with E-state index in [-0.39, 0.29) is 5.82 Å². The van der Waals surface area contributed by atoms with Crippen molar-refractivity contribution >= 4 is 21.7 Å². The number of rotatable bonds is 5. The predicted molar refractivity (Wildman–Crippen MR) is 66.0 cm³/mol. The molecule has 0 radical (unpaired) electrons. The maximum atomic E-state index is 10.7. The molecule has 0 atom stereocenters. The minimum Gasteiger partial charge on any atom is -0.358 e. The number of hydrogen-bond acceptors (Lipinski definition) is 5. The molecule has 0 aliphatic heterocycles. The Labute approximate surface area is 111 Å². The highest BCUT2D eigenvalue weighted by molar-refractivity contribution is 9.10. The Morgan fingerprint density at radius 1 is 1.56 bits per heavy atom. The Morgan fingerprint density at radius 2 is 2.33 bits per heavy atom. The lowest BCUT2D eigenvalue weighted by Gasteiger charge is -2.01. The van der Waals surface area contributed by atoms with Crippen molar-refractivity contribution in [2.75, 3.05) is 0 Å². The molecule has 2 aromatic heterocycles. The second-order valence-electron chi connectivity index (χ2n) is 3.65. The molecule has 0 N–H and O–H groups in total. The minimum absolute atomic E-state index is 0.198. The zero-order valence-electron chi connectivity index (χ0n) is 9.65. The molecule has 18 heavy (non-hydrogen) atoms. The lowest BCUT2D eigenvalue weighted by atomic mass is 10.5. The molecule has 0 aromatic carbocycles. The summed E-state index contributed by atoms with van der Waals surface area (Å²) < 4.78 is 3.59. The van der Waals surface area contributed by atoms with Gasteiger partial charge in [0.25, 0.3) is 0 Å². The number of nitro groups is 1. The van der Waals surface area contributed by atoms with Gasteiger partial charge in [-0.3, -0.25) is 0 Å². The fourth-order valence-electron chi connectivity index (χ4n) is 1.55. The summed E-state index contributed by atoms with van der Waals surface area (Å²) in [7, 11) is 0. The molecule has 0 saturated carbocycles. The van der Waals surface area contributed by atoms with Crippen LogP contribution in [0, 0.1) is 10.1 Å². The molecular weight excluding hydrogens is 304 g/mol. The Bertz CT molecular complexity index is 563. The summed E-state index contributed by atoms with van der Waals surface area (Å²) in [5, 5.41) is 18.6. The molecule has 0 bridgehead atoms. The Balaban J connectivity index is 2.21. The Hall–Kier alpha value is -1.77. The second-order valence-corrected chi connectivity index (χ2v) is 4.51. The van der Waals surface area contributed by atoms with Crippen LogP contribution in [0.2, 0.25) is 0 Å². The second kappa shape index (κ2) is 5.25. The first-order valence-electron chi connectivity index (χ1n) is 5.35. The summed E-state index contributed by atoms with van der Waals surface area (Å²) in [6.07, 6.45) is 3.97. The third kappa shape index (κ3) is 2.55. The number of hydrogen-bond donors (Lipinski definition) is 0. The maximum absolute atomic E-state index is 10.7. The van der Waals surface area contributed by atoms with E-state index in [0.29, 0.717) is 11.0 Å². The van der Waals surface area contributed by atoms with Crippen LogP contribution < -0.4 is 0 Å². The van der Waals surface area contributed by atoms with E-state index in [0.717, 1.165) is 18.8 Å². The van der Waals surface area contributed by atoms with Gasteiger partial charge in [-0.05, 0) is 27.3 Å². The van der Waals surface area contributed by atoms with Crippen LogP contribution in [0.15, 0.2) is 17.0 Å². The Kier molecular flexibility index (Phi) is 3.70. The van der Waals surface area contributed by atoms with Gasteiger partial charge in [0, 0.05) is 6.54 Å². The average Bonchev–Trinajstić information content (AvgIpc) is 2.87. The molecule has 0 aliphatic rings. The first-order chi connectivity index (χ1) is 8.61. The third-order valence-electron chi connectivity index (χ3n) is 2.31. The molecule has 0 aliphatic carbocycles. The van der Waals surface area contributed by atoms with Crippen LogP contribution in [0.4, 0.5) is 5.82 Å². The highest BCUT2D eigenvalue weighted by Crippen LogP contribution is 2.22. The molecule has 0 spiro atoms. The van der Waals surface area contributed by atoms with E-state index in [1.54, 1.807) is 10.9 Å². The molecular formula is C9H11BrN6O2. The standard InChI is InChI=1S/C9H11BrN6O2/c1-2-3-15-8(11-6-12-15)5-14-4-7(10)9(13-14)16(17)18/h4,6H,2-3,5H2,1H3. The molecule has 2 rings (SSSR count). The number of aryl methyl sites for hydroxylation is 1. The van der Waals surface area contributed by atoms with E-state index in [4.69, 9.17) is 0 Å². The van der Waals surface area contributed by atoms with E-state index in [2.05, 4.69) is 31.1 Å². The van der Waals surface area contributed by atoms with E-state index in [9.17, 15) is 10.1 Å². The summed E-state index contributed by atoms with van der Waals surface area (Å²) in [5.41, 5.74) is 0. The average molecular weight is 315 g/mol. The van der Waals surface area contributed by atoms with Crippen molar-refractivity contribution in [2.45, 2.75) is 26.4 Å². The van der Waals surface area contributed by atoms with Crippen molar-refractivity contribution < 1.29 is 4.92 Å².